The van der Waals surface area contributed by atoms with Crippen molar-refractivity contribution in [3.05, 3.63) is 35.7 Å². The lowest BCUT2D eigenvalue weighted by Crippen LogP contribution is -2.39. The van der Waals surface area contributed by atoms with Crippen LogP contribution in [0.15, 0.2) is 24.4 Å². The molecular weight excluding hydrogens is 444 g/mol. The van der Waals surface area contributed by atoms with Gasteiger partial charge in [-0.2, -0.15) is 0 Å². The van der Waals surface area contributed by atoms with E-state index in [4.69, 9.17) is 14.5 Å². The third-order valence-corrected chi connectivity index (χ3v) is 8.58. The molecule has 3 fully saturated rings. The molecule has 0 bridgehead atoms. The van der Waals surface area contributed by atoms with Gasteiger partial charge in [0.05, 0.1) is 37.7 Å². The molecule has 2 aliphatic heterocycles. The first-order valence-electron chi connectivity index (χ1n) is 12.6. The summed E-state index contributed by atoms with van der Waals surface area (Å²) < 4.78 is 10.9. The molecule has 4 aliphatic rings. The summed E-state index contributed by atoms with van der Waals surface area (Å²) in [6.07, 6.45) is 5.97. The number of carbonyl (C=O) groups is 1. The highest BCUT2D eigenvalue weighted by atomic mass is 16.5. The lowest BCUT2D eigenvalue weighted by Gasteiger charge is -2.34. The molecule has 9 nitrogen and oxygen atoms in total. The van der Waals surface area contributed by atoms with Crippen molar-refractivity contribution >= 4 is 17.4 Å². The van der Waals surface area contributed by atoms with Crippen molar-refractivity contribution in [3.8, 4) is 11.6 Å². The van der Waals surface area contributed by atoms with Gasteiger partial charge in [0.1, 0.15) is 5.75 Å². The molecule has 186 valence electrons. The Morgan fingerprint density at radius 2 is 2.03 bits per heavy atom. The number of methoxy groups -OCH3 is 2. The maximum absolute atomic E-state index is 13.1. The standard InChI is InChI=1S/C26H34N6O3/c1-13(2)21-12-27-24(35-4)23(28-21)30-22-16-7-5-14(9-20(16)31-32-22)18-11-26(18)17-10-15(34-3)6-8-19(17)29-25(26)33/h6,8,10,12-14,16,18,20,22,31-32H,5,7,9,11H2,1-4H3,(H,28,30)(H,29,33)/t14?,16?,18-,20?,22?,26-/m0/s1. The highest BCUT2D eigenvalue weighted by molar-refractivity contribution is 6.09. The summed E-state index contributed by atoms with van der Waals surface area (Å²) >= 11 is 0. The molecule has 4 N–H and O–H groups in total. The van der Waals surface area contributed by atoms with Gasteiger partial charge in [0, 0.05) is 17.6 Å². The molecule has 2 aromatic rings. The number of hydrazine groups is 1. The van der Waals surface area contributed by atoms with Crippen LogP contribution in [-0.4, -0.2) is 42.3 Å². The predicted molar refractivity (Wildman–Crippen MR) is 132 cm³/mol. The van der Waals surface area contributed by atoms with Crippen LogP contribution in [0.2, 0.25) is 0 Å². The molecule has 6 atom stereocenters. The molecule has 2 saturated carbocycles. The number of ether oxygens (including phenoxy) is 2. The minimum Gasteiger partial charge on any atom is -0.497 e. The third-order valence-electron chi connectivity index (χ3n) is 8.58. The van der Waals surface area contributed by atoms with E-state index in [9.17, 15) is 4.79 Å². The van der Waals surface area contributed by atoms with Gasteiger partial charge in [-0.25, -0.2) is 15.4 Å². The van der Waals surface area contributed by atoms with Crippen molar-refractivity contribution in [2.24, 2.45) is 17.8 Å². The van der Waals surface area contributed by atoms with Gasteiger partial charge in [-0.15, -0.1) is 0 Å². The minimum atomic E-state index is -0.384. The number of benzene rings is 1. The summed E-state index contributed by atoms with van der Waals surface area (Å²) in [6, 6.07) is 6.27. The van der Waals surface area contributed by atoms with Crippen LogP contribution < -0.4 is 31.0 Å². The fraction of sp³-hybridized carbons (Fsp3) is 0.577. The zero-order valence-electron chi connectivity index (χ0n) is 20.7. The zero-order valence-corrected chi connectivity index (χ0v) is 20.7. The molecule has 2 aliphatic carbocycles. The molecule has 9 heteroatoms. The van der Waals surface area contributed by atoms with Crippen LogP contribution in [0.5, 0.6) is 11.6 Å². The number of nitrogens with one attached hydrogen (secondary N) is 4. The summed E-state index contributed by atoms with van der Waals surface area (Å²) in [5, 5.41) is 6.66. The Bertz CT molecular complexity index is 1160. The molecule has 3 heterocycles. The normalized spacial score (nSPS) is 32.8. The van der Waals surface area contributed by atoms with Crippen LogP contribution in [0.3, 0.4) is 0 Å². The summed E-state index contributed by atoms with van der Waals surface area (Å²) in [6.45, 7) is 4.22. The van der Waals surface area contributed by atoms with Gasteiger partial charge in [-0.1, -0.05) is 13.8 Å². The SMILES string of the molecule is COc1ccc2c(c1)[C@]1(C[C@H]1C1CCC3C(C1)NNC3Nc1nc(C(C)C)cnc1OC)C(=O)N2. The number of fused-ring (bicyclic) bond motifs is 3. The van der Waals surface area contributed by atoms with Gasteiger partial charge in [0.2, 0.25) is 5.91 Å². The molecule has 0 radical (unpaired) electrons. The smallest absolute Gasteiger partial charge is 0.257 e. The Labute approximate surface area is 205 Å². The lowest BCUT2D eigenvalue weighted by atomic mass is 9.74. The number of amides is 1. The van der Waals surface area contributed by atoms with E-state index in [0.29, 0.717) is 35.5 Å². The first-order valence-corrected chi connectivity index (χ1v) is 12.6. The molecular formula is C26H34N6O3. The van der Waals surface area contributed by atoms with Crippen molar-refractivity contribution < 1.29 is 14.3 Å². The van der Waals surface area contributed by atoms with Gasteiger partial charge in [-0.3, -0.25) is 10.2 Å². The number of carbonyl (C=O) groups excluding carboxylic acids is 1. The summed E-state index contributed by atoms with van der Waals surface area (Å²) in [7, 11) is 3.30. The fourth-order valence-electron chi connectivity index (χ4n) is 6.58. The van der Waals surface area contributed by atoms with Gasteiger partial charge in [0.25, 0.3) is 5.88 Å². The maximum Gasteiger partial charge on any atom is 0.257 e. The van der Waals surface area contributed by atoms with Gasteiger partial charge >= 0.3 is 0 Å². The van der Waals surface area contributed by atoms with E-state index in [1.807, 2.05) is 18.2 Å². The van der Waals surface area contributed by atoms with Crippen molar-refractivity contribution in [2.75, 3.05) is 24.9 Å². The van der Waals surface area contributed by atoms with E-state index in [-0.39, 0.29) is 23.4 Å². The van der Waals surface area contributed by atoms with E-state index in [1.54, 1.807) is 20.4 Å². The van der Waals surface area contributed by atoms with E-state index >= 15 is 0 Å². The van der Waals surface area contributed by atoms with Crippen LogP contribution in [-0.2, 0) is 10.2 Å². The van der Waals surface area contributed by atoms with Crippen LogP contribution in [0, 0.1) is 17.8 Å². The third kappa shape index (κ3) is 3.55. The molecule has 1 aromatic carbocycles. The van der Waals surface area contributed by atoms with Crippen molar-refractivity contribution in [1.29, 1.82) is 0 Å². The number of hydrogen-bond donors (Lipinski definition) is 4. The van der Waals surface area contributed by atoms with Gasteiger partial charge in [0.15, 0.2) is 5.82 Å². The summed E-state index contributed by atoms with van der Waals surface area (Å²) in [4.78, 5) is 22.3. The second-order valence-corrected chi connectivity index (χ2v) is 10.7. The van der Waals surface area contributed by atoms with Crippen LogP contribution in [0.1, 0.15) is 56.7 Å². The largest absolute Gasteiger partial charge is 0.497 e. The average Bonchev–Trinajstić information content (AvgIpc) is 3.42. The Morgan fingerprint density at radius 1 is 1.17 bits per heavy atom. The molecule has 6 rings (SSSR count). The van der Waals surface area contributed by atoms with E-state index < -0.39 is 0 Å². The van der Waals surface area contributed by atoms with E-state index in [1.165, 1.54) is 0 Å². The Balaban J connectivity index is 1.15. The van der Waals surface area contributed by atoms with E-state index in [2.05, 4.69) is 40.3 Å². The number of aromatic nitrogens is 2. The highest BCUT2D eigenvalue weighted by Gasteiger charge is 2.67. The molecule has 35 heavy (non-hydrogen) atoms. The van der Waals surface area contributed by atoms with Crippen molar-refractivity contribution in [3.63, 3.8) is 0 Å². The average molecular weight is 479 g/mol. The van der Waals surface area contributed by atoms with Gasteiger partial charge < -0.3 is 20.1 Å². The zero-order chi connectivity index (χ0) is 24.3. The number of anilines is 2. The predicted octanol–water partition coefficient (Wildman–Crippen LogP) is 3.16. The van der Waals surface area contributed by atoms with Crippen LogP contribution in [0.25, 0.3) is 0 Å². The molecule has 1 spiro atoms. The second kappa shape index (κ2) is 8.34. The van der Waals surface area contributed by atoms with Crippen LogP contribution in [0.4, 0.5) is 11.5 Å². The molecule has 1 aromatic heterocycles. The Hall–Kier alpha value is -2.91. The van der Waals surface area contributed by atoms with Crippen molar-refractivity contribution in [1.82, 2.24) is 20.8 Å². The number of hydrogen-bond acceptors (Lipinski definition) is 8. The number of nitrogens with zero attached hydrogens (tertiary/aromatic N) is 2. The topological polar surface area (TPSA) is 109 Å². The summed E-state index contributed by atoms with van der Waals surface area (Å²) in [5.74, 6) is 3.73. The fourth-order valence-corrected chi connectivity index (χ4v) is 6.58. The maximum atomic E-state index is 13.1. The highest BCUT2D eigenvalue weighted by Crippen LogP contribution is 2.65. The minimum absolute atomic E-state index is 0.0412. The monoisotopic (exact) mass is 478 g/mol. The Morgan fingerprint density at radius 3 is 2.80 bits per heavy atom. The first-order chi connectivity index (χ1) is 16.9. The van der Waals surface area contributed by atoms with E-state index in [0.717, 1.165) is 48.4 Å². The summed E-state index contributed by atoms with van der Waals surface area (Å²) in [5.41, 5.74) is 9.57. The molecule has 4 unspecified atom stereocenters. The quantitative estimate of drug-likeness (QED) is 0.501. The van der Waals surface area contributed by atoms with Gasteiger partial charge in [-0.05, 0) is 67.2 Å². The lowest BCUT2D eigenvalue weighted by molar-refractivity contribution is -0.118. The first kappa shape index (κ1) is 22.5. The van der Waals surface area contributed by atoms with Crippen molar-refractivity contribution in [2.45, 2.75) is 63.1 Å². The molecule has 1 amide bonds. The van der Waals surface area contributed by atoms with Crippen LogP contribution >= 0.6 is 0 Å². The molecule has 1 saturated heterocycles. The number of rotatable bonds is 6. The second-order valence-electron chi connectivity index (χ2n) is 10.7. The Kier molecular flexibility index (Phi) is 5.37.